The quantitative estimate of drug-likeness (QED) is 0.818. The first-order valence-electron chi connectivity index (χ1n) is 7.08. The van der Waals surface area contributed by atoms with Gasteiger partial charge in [0.2, 0.25) is 5.91 Å². The first kappa shape index (κ1) is 14.5. The number of rotatable bonds is 4. The van der Waals surface area contributed by atoms with E-state index in [1.807, 2.05) is 25.9 Å². The van der Waals surface area contributed by atoms with Crippen LogP contribution in [-0.4, -0.2) is 37.5 Å². The summed E-state index contributed by atoms with van der Waals surface area (Å²) >= 11 is 0. The van der Waals surface area contributed by atoms with Crippen molar-refractivity contribution in [2.75, 3.05) is 20.6 Å². The van der Waals surface area contributed by atoms with Gasteiger partial charge in [-0.3, -0.25) is 4.79 Å². The van der Waals surface area contributed by atoms with Crippen molar-refractivity contribution in [1.29, 1.82) is 0 Å². The van der Waals surface area contributed by atoms with Crippen molar-refractivity contribution < 1.29 is 4.79 Å². The SMILES string of the molecule is CNCC(C)C(=O)N(C)C1CCCCCCC1. The van der Waals surface area contributed by atoms with Gasteiger partial charge in [-0.05, 0) is 19.9 Å². The number of amides is 1. The Kier molecular flexibility index (Phi) is 6.56. The first-order valence-corrected chi connectivity index (χ1v) is 7.08. The molecule has 0 aromatic rings. The van der Waals surface area contributed by atoms with Gasteiger partial charge in [0, 0.05) is 25.6 Å². The lowest BCUT2D eigenvalue weighted by Gasteiger charge is -2.31. The van der Waals surface area contributed by atoms with Gasteiger partial charge in [0.25, 0.3) is 0 Å². The van der Waals surface area contributed by atoms with Gasteiger partial charge < -0.3 is 10.2 Å². The first-order chi connectivity index (χ1) is 8.16. The van der Waals surface area contributed by atoms with E-state index >= 15 is 0 Å². The van der Waals surface area contributed by atoms with Crippen LogP contribution < -0.4 is 5.32 Å². The maximum absolute atomic E-state index is 12.2. The molecule has 0 saturated heterocycles. The zero-order valence-corrected chi connectivity index (χ0v) is 11.7. The molecule has 0 radical (unpaired) electrons. The molecule has 0 bridgehead atoms. The fourth-order valence-electron chi connectivity index (χ4n) is 2.74. The highest BCUT2D eigenvalue weighted by Crippen LogP contribution is 2.21. The maximum atomic E-state index is 12.2. The molecule has 1 aliphatic rings. The third kappa shape index (κ3) is 4.66. The summed E-state index contributed by atoms with van der Waals surface area (Å²) in [6.45, 7) is 2.79. The van der Waals surface area contributed by atoms with Gasteiger partial charge in [-0.25, -0.2) is 0 Å². The van der Waals surface area contributed by atoms with Crippen LogP contribution in [0.25, 0.3) is 0 Å². The van der Waals surface area contributed by atoms with Crippen LogP contribution in [0.15, 0.2) is 0 Å². The van der Waals surface area contributed by atoms with Crippen molar-refractivity contribution in [2.45, 2.75) is 57.9 Å². The van der Waals surface area contributed by atoms with Gasteiger partial charge in [-0.15, -0.1) is 0 Å². The Balaban J connectivity index is 2.47. The van der Waals surface area contributed by atoms with Crippen molar-refractivity contribution in [1.82, 2.24) is 10.2 Å². The predicted octanol–water partition coefficient (Wildman–Crippen LogP) is 2.41. The van der Waals surface area contributed by atoms with Gasteiger partial charge in [-0.1, -0.05) is 39.0 Å². The highest BCUT2D eigenvalue weighted by molar-refractivity contribution is 5.78. The topological polar surface area (TPSA) is 32.3 Å². The second-order valence-electron chi connectivity index (χ2n) is 5.41. The van der Waals surface area contributed by atoms with E-state index in [1.54, 1.807) is 0 Å². The van der Waals surface area contributed by atoms with E-state index in [2.05, 4.69) is 5.32 Å². The molecule has 0 aromatic heterocycles. The zero-order valence-electron chi connectivity index (χ0n) is 11.7. The summed E-state index contributed by atoms with van der Waals surface area (Å²) in [5.74, 6) is 0.389. The molecule has 1 aliphatic carbocycles. The molecule has 1 saturated carbocycles. The molecule has 100 valence electrons. The van der Waals surface area contributed by atoms with E-state index in [-0.39, 0.29) is 5.92 Å². The van der Waals surface area contributed by atoms with Crippen molar-refractivity contribution >= 4 is 5.91 Å². The molecule has 0 aromatic carbocycles. The Morgan fingerprint density at radius 1 is 1.24 bits per heavy atom. The standard InChI is InChI=1S/C14H28N2O/c1-12(11-15-2)14(17)16(3)13-9-7-5-4-6-8-10-13/h12-13,15H,4-11H2,1-3H3. The molecular weight excluding hydrogens is 212 g/mol. The molecule has 1 N–H and O–H groups in total. The third-order valence-corrected chi connectivity index (χ3v) is 3.90. The Bertz CT molecular complexity index is 222. The predicted molar refractivity (Wildman–Crippen MR) is 72.0 cm³/mol. The van der Waals surface area contributed by atoms with E-state index in [9.17, 15) is 4.79 Å². The average molecular weight is 240 g/mol. The maximum Gasteiger partial charge on any atom is 0.226 e. The lowest BCUT2D eigenvalue weighted by atomic mass is 9.95. The molecule has 1 rings (SSSR count). The molecule has 1 unspecified atom stereocenters. The van der Waals surface area contributed by atoms with Crippen LogP contribution in [0.1, 0.15) is 51.9 Å². The second kappa shape index (κ2) is 7.70. The van der Waals surface area contributed by atoms with Crippen LogP contribution in [0, 0.1) is 5.92 Å². The van der Waals surface area contributed by atoms with Crippen molar-refractivity contribution in [3.05, 3.63) is 0 Å². The largest absolute Gasteiger partial charge is 0.343 e. The minimum Gasteiger partial charge on any atom is -0.343 e. The van der Waals surface area contributed by atoms with E-state index in [0.717, 1.165) is 6.54 Å². The number of nitrogens with one attached hydrogen (secondary N) is 1. The summed E-state index contributed by atoms with van der Waals surface area (Å²) in [7, 11) is 3.89. The van der Waals surface area contributed by atoms with Crippen LogP contribution in [-0.2, 0) is 4.79 Å². The van der Waals surface area contributed by atoms with Crippen LogP contribution >= 0.6 is 0 Å². The van der Waals surface area contributed by atoms with Crippen LogP contribution in [0.3, 0.4) is 0 Å². The molecule has 1 fully saturated rings. The number of carbonyl (C=O) groups excluding carboxylic acids is 1. The van der Waals surface area contributed by atoms with Crippen LogP contribution in [0.4, 0.5) is 0 Å². The Morgan fingerprint density at radius 3 is 2.29 bits per heavy atom. The summed E-state index contributed by atoms with van der Waals surface area (Å²) < 4.78 is 0. The lowest BCUT2D eigenvalue weighted by Crippen LogP contribution is -2.42. The van der Waals surface area contributed by atoms with Gasteiger partial charge >= 0.3 is 0 Å². The molecule has 0 heterocycles. The molecule has 3 nitrogen and oxygen atoms in total. The van der Waals surface area contributed by atoms with Gasteiger partial charge in [0.05, 0.1) is 0 Å². The number of carbonyl (C=O) groups is 1. The Hall–Kier alpha value is -0.570. The summed E-state index contributed by atoms with van der Waals surface area (Å²) in [4.78, 5) is 14.2. The number of hydrogen-bond acceptors (Lipinski definition) is 2. The Morgan fingerprint density at radius 2 is 1.76 bits per heavy atom. The molecule has 17 heavy (non-hydrogen) atoms. The van der Waals surface area contributed by atoms with Crippen molar-refractivity contribution in [2.24, 2.45) is 5.92 Å². The van der Waals surface area contributed by atoms with Crippen LogP contribution in [0.2, 0.25) is 0 Å². The second-order valence-corrected chi connectivity index (χ2v) is 5.41. The molecule has 0 aliphatic heterocycles. The highest BCUT2D eigenvalue weighted by Gasteiger charge is 2.23. The summed E-state index contributed by atoms with van der Waals surface area (Å²) in [6.07, 6.45) is 8.99. The fourth-order valence-corrected chi connectivity index (χ4v) is 2.74. The normalized spacial score (nSPS) is 20.4. The van der Waals surface area contributed by atoms with E-state index in [4.69, 9.17) is 0 Å². The van der Waals surface area contributed by atoms with Crippen molar-refractivity contribution in [3.63, 3.8) is 0 Å². The van der Waals surface area contributed by atoms with E-state index < -0.39 is 0 Å². The number of nitrogens with zero attached hydrogens (tertiary/aromatic N) is 1. The zero-order chi connectivity index (χ0) is 12.7. The molecular formula is C14H28N2O. The monoisotopic (exact) mass is 240 g/mol. The molecule has 3 heteroatoms. The van der Waals surface area contributed by atoms with E-state index in [0.29, 0.717) is 11.9 Å². The van der Waals surface area contributed by atoms with Crippen LogP contribution in [0.5, 0.6) is 0 Å². The minimum atomic E-state index is 0.0930. The van der Waals surface area contributed by atoms with Gasteiger partial charge in [-0.2, -0.15) is 0 Å². The Labute approximate surface area is 106 Å². The van der Waals surface area contributed by atoms with Crippen molar-refractivity contribution in [3.8, 4) is 0 Å². The average Bonchev–Trinajstić information content (AvgIpc) is 2.27. The summed E-state index contributed by atoms with van der Waals surface area (Å²) in [5, 5.41) is 3.08. The number of hydrogen-bond donors (Lipinski definition) is 1. The summed E-state index contributed by atoms with van der Waals surface area (Å²) in [5.41, 5.74) is 0. The molecule has 1 atom stereocenters. The smallest absolute Gasteiger partial charge is 0.226 e. The molecule has 1 amide bonds. The van der Waals surface area contributed by atoms with Gasteiger partial charge in [0.1, 0.15) is 0 Å². The summed E-state index contributed by atoms with van der Waals surface area (Å²) in [6, 6.07) is 0.474. The van der Waals surface area contributed by atoms with E-state index in [1.165, 1.54) is 44.9 Å². The fraction of sp³-hybridized carbons (Fsp3) is 0.929. The molecule has 0 spiro atoms. The third-order valence-electron chi connectivity index (χ3n) is 3.90. The minimum absolute atomic E-state index is 0.0930. The lowest BCUT2D eigenvalue weighted by molar-refractivity contribution is -0.136. The van der Waals surface area contributed by atoms with Gasteiger partial charge in [0.15, 0.2) is 0 Å². The highest BCUT2D eigenvalue weighted by atomic mass is 16.2.